The summed E-state index contributed by atoms with van der Waals surface area (Å²) in [5, 5.41) is 12.4. The van der Waals surface area contributed by atoms with E-state index in [4.69, 9.17) is 0 Å². The van der Waals surface area contributed by atoms with E-state index in [2.05, 4.69) is 28.5 Å². The minimum Gasteiger partial charge on any atom is -0.342 e. The van der Waals surface area contributed by atoms with Gasteiger partial charge in [-0.3, -0.25) is 4.79 Å². The van der Waals surface area contributed by atoms with Crippen molar-refractivity contribution in [1.82, 2.24) is 15.1 Å². The SMILES string of the molecule is CCc1ccccc1Nc1nnc(SC(C)C(=O)N2CCCC2)s1. The lowest BCUT2D eigenvalue weighted by atomic mass is 10.1. The molecule has 1 aromatic heterocycles. The minimum atomic E-state index is -0.119. The van der Waals surface area contributed by atoms with Crippen molar-refractivity contribution in [3.05, 3.63) is 29.8 Å². The number of hydrogen-bond donors (Lipinski definition) is 1. The summed E-state index contributed by atoms with van der Waals surface area (Å²) >= 11 is 2.99. The van der Waals surface area contributed by atoms with Crippen LogP contribution in [0.5, 0.6) is 0 Å². The molecule has 1 saturated heterocycles. The van der Waals surface area contributed by atoms with E-state index in [1.807, 2.05) is 30.0 Å². The normalized spacial score (nSPS) is 15.5. The molecule has 3 rings (SSSR count). The monoisotopic (exact) mass is 362 g/mol. The Bertz CT molecular complexity index is 697. The number of nitrogens with zero attached hydrogens (tertiary/aromatic N) is 3. The second kappa shape index (κ2) is 7.98. The molecule has 7 heteroatoms. The third-order valence-corrected chi connectivity index (χ3v) is 6.10. The van der Waals surface area contributed by atoms with Crippen LogP contribution in [0, 0.1) is 0 Å². The van der Waals surface area contributed by atoms with Crippen molar-refractivity contribution in [2.75, 3.05) is 18.4 Å². The van der Waals surface area contributed by atoms with Gasteiger partial charge in [0.15, 0.2) is 4.34 Å². The van der Waals surface area contributed by atoms with Gasteiger partial charge in [0, 0.05) is 18.8 Å². The van der Waals surface area contributed by atoms with Gasteiger partial charge in [-0.05, 0) is 37.8 Å². The predicted octanol–water partition coefficient (Wildman–Crippen LogP) is 3.95. The molecule has 1 amide bonds. The van der Waals surface area contributed by atoms with E-state index >= 15 is 0 Å². The molecule has 1 unspecified atom stereocenters. The largest absolute Gasteiger partial charge is 0.342 e. The molecule has 1 aliphatic heterocycles. The lowest BCUT2D eigenvalue weighted by Crippen LogP contribution is -2.33. The first-order valence-corrected chi connectivity index (χ1v) is 10.0. The predicted molar refractivity (Wildman–Crippen MR) is 100 cm³/mol. The first-order valence-electron chi connectivity index (χ1n) is 8.31. The number of anilines is 2. The Hall–Kier alpha value is -1.60. The molecule has 0 saturated carbocycles. The zero-order valence-corrected chi connectivity index (χ0v) is 15.6. The topological polar surface area (TPSA) is 58.1 Å². The van der Waals surface area contributed by atoms with Gasteiger partial charge in [0.1, 0.15) is 0 Å². The Morgan fingerprint density at radius 2 is 2.08 bits per heavy atom. The number of aromatic nitrogens is 2. The number of aryl methyl sites for hydroxylation is 1. The molecule has 0 spiro atoms. The highest BCUT2D eigenvalue weighted by molar-refractivity contribution is 8.02. The van der Waals surface area contributed by atoms with Crippen molar-refractivity contribution in [3.63, 3.8) is 0 Å². The molecule has 2 aromatic rings. The van der Waals surface area contributed by atoms with E-state index in [-0.39, 0.29) is 11.2 Å². The lowest BCUT2D eigenvalue weighted by molar-refractivity contribution is -0.129. The Morgan fingerprint density at radius 3 is 2.83 bits per heavy atom. The van der Waals surface area contributed by atoms with Crippen molar-refractivity contribution in [2.45, 2.75) is 42.7 Å². The zero-order valence-electron chi connectivity index (χ0n) is 14.0. The van der Waals surface area contributed by atoms with Crippen LogP contribution in [-0.4, -0.2) is 39.3 Å². The van der Waals surface area contributed by atoms with E-state index in [9.17, 15) is 4.79 Å². The Morgan fingerprint density at radius 1 is 1.33 bits per heavy atom. The van der Waals surface area contributed by atoms with Crippen molar-refractivity contribution >= 4 is 39.8 Å². The van der Waals surface area contributed by atoms with Gasteiger partial charge in [-0.1, -0.05) is 48.2 Å². The number of carbonyl (C=O) groups is 1. The van der Waals surface area contributed by atoms with E-state index in [1.165, 1.54) is 28.7 Å². The minimum absolute atomic E-state index is 0.119. The fraction of sp³-hybridized carbons (Fsp3) is 0.471. The quantitative estimate of drug-likeness (QED) is 0.789. The number of hydrogen-bond acceptors (Lipinski definition) is 6. The third kappa shape index (κ3) is 4.08. The Labute approximate surface area is 150 Å². The average molecular weight is 363 g/mol. The molecule has 1 aliphatic rings. The molecule has 128 valence electrons. The first-order chi connectivity index (χ1) is 11.7. The fourth-order valence-electron chi connectivity index (χ4n) is 2.77. The van der Waals surface area contributed by atoms with Gasteiger partial charge >= 0.3 is 0 Å². The summed E-state index contributed by atoms with van der Waals surface area (Å²) in [6, 6.07) is 8.20. The van der Waals surface area contributed by atoms with Gasteiger partial charge in [-0.2, -0.15) is 0 Å². The maximum Gasteiger partial charge on any atom is 0.235 e. The van der Waals surface area contributed by atoms with E-state index in [0.717, 1.165) is 47.5 Å². The van der Waals surface area contributed by atoms with Crippen LogP contribution in [0.3, 0.4) is 0 Å². The number of amides is 1. The molecule has 5 nitrogen and oxygen atoms in total. The molecule has 24 heavy (non-hydrogen) atoms. The highest BCUT2D eigenvalue weighted by atomic mass is 32.2. The van der Waals surface area contributed by atoms with Gasteiger partial charge in [-0.15, -0.1) is 10.2 Å². The van der Waals surface area contributed by atoms with Crippen LogP contribution in [0.25, 0.3) is 0 Å². The van der Waals surface area contributed by atoms with E-state index < -0.39 is 0 Å². The van der Waals surface area contributed by atoms with Crippen LogP contribution < -0.4 is 5.32 Å². The van der Waals surface area contributed by atoms with Crippen molar-refractivity contribution in [1.29, 1.82) is 0 Å². The van der Waals surface area contributed by atoms with Crippen molar-refractivity contribution in [2.24, 2.45) is 0 Å². The molecule has 1 N–H and O–H groups in total. The summed E-state index contributed by atoms with van der Waals surface area (Å²) in [7, 11) is 0. The fourth-order valence-corrected chi connectivity index (χ4v) is 4.76. The summed E-state index contributed by atoms with van der Waals surface area (Å²) < 4.78 is 0.825. The number of benzene rings is 1. The van der Waals surface area contributed by atoms with Crippen molar-refractivity contribution < 1.29 is 4.79 Å². The summed E-state index contributed by atoms with van der Waals surface area (Å²) in [5.41, 5.74) is 2.31. The van der Waals surface area contributed by atoms with Crippen LogP contribution in [0.4, 0.5) is 10.8 Å². The van der Waals surface area contributed by atoms with E-state index in [1.54, 1.807) is 0 Å². The number of rotatable bonds is 6. The molecular formula is C17H22N4OS2. The maximum atomic E-state index is 12.4. The number of carbonyl (C=O) groups excluding carboxylic acids is 1. The summed E-state index contributed by atoms with van der Waals surface area (Å²) in [6.45, 7) is 5.86. The van der Waals surface area contributed by atoms with Gasteiger partial charge < -0.3 is 10.2 Å². The van der Waals surface area contributed by atoms with Crippen LogP contribution in [-0.2, 0) is 11.2 Å². The van der Waals surface area contributed by atoms with Gasteiger partial charge in [0.25, 0.3) is 0 Å². The molecule has 1 aromatic carbocycles. The lowest BCUT2D eigenvalue weighted by Gasteiger charge is -2.18. The van der Waals surface area contributed by atoms with E-state index in [0.29, 0.717) is 0 Å². The van der Waals surface area contributed by atoms with Crippen LogP contribution >= 0.6 is 23.1 Å². The smallest absolute Gasteiger partial charge is 0.235 e. The summed E-state index contributed by atoms with van der Waals surface area (Å²) in [6.07, 6.45) is 3.20. The van der Waals surface area contributed by atoms with Gasteiger partial charge in [0.2, 0.25) is 11.0 Å². The average Bonchev–Trinajstić information content (AvgIpc) is 3.27. The Balaban J connectivity index is 1.62. The van der Waals surface area contributed by atoms with Gasteiger partial charge in [-0.25, -0.2) is 0 Å². The first kappa shape index (κ1) is 17.2. The number of nitrogens with one attached hydrogen (secondary N) is 1. The number of likely N-dealkylation sites (tertiary alicyclic amines) is 1. The molecule has 0 radical (unpaired) electrons. The zero-order chi connectivity index (χ0) is 16.9. The second-order valence-electron chi connectivity index (χ2n) is 5.80. The molecule has 0 aliphatic carbocycles. The van der Waals surface area contributed by atoms with Gasteiger partial charge in [0.05, 0.1) is 5.25 Å². The third-order valence-electron chi connectivity index (χ3n) is 4.09. The maximum absolute atomic E-state index is 12.4. The summed E-state index contributed by atoms with van der Waals surface area (Å²) in [4.78, 5) is 14.3. The molecule has 1 atom stereocenters. The standard InChI is InChI=1S/C17H22N4OS2/c1-3-13-8-4-5-9-14(13)18-16-19-20-17(24-16)23-12(2)15(22)21-10-6-7-11-21/h4-5,8-9,12H,3,6-7,10-11H2,1-2H3,(H,18,19). The summed E-state index contributed by atoms with van der Waals surface area (Å²) in [5.74, 6) is 0.207. The molecule has 1 fully saturated rings. The molecule has 0 bridgehead atoms. The highest BCUT2D eigenvalue weighted by Gasteiger charge is 2.25. The van der Waals surface area contributed by atoms with Crippen LogP contribution in [0.2, 0.25) is 0 Å². The Kier molecular flexibility index (Phi) is 5.73. The second-order valence-corrected chi connectivity index (χ2v) is 8.37. The van der Waals surface area contributed by atoms with Crippen LogP contribution in [0.15, 0.2) is 28.6 Å². The number of para-hydroxylation sites is 1. The van der Waals surface area contributed by atoms with Crippen molar-refractivity contribution in [3.8, 4) is 0 Å². The number of thioether (sulfide) groups is 1. The van der Waals surface area contributed by atoms with Crippen LogP contribution in [0.1, 0.15) is 32.3 Å². The molecular weight excluding hydrogens is 340 g/mol. The molecule has 2 heterocycles. The highest BCUT2D eigenvalue weighted by Crippen LogP contribution is 2.32.